The number of carbonyl (C=O) groups is 1. The van der Waals surface area contributed by atoms with Crippen LogP contribution in [0, 0.1) is 6.92 Å². The lowest BCUT2D eigenvalue weighted by Crippen LogP contribution is -2.60. The number of esters is 1. The van der Waals surface area contributed by atoms with E-state index in [4.69, 9.17) is 18.9 Å². The van der Waals surface area contributed by atoms with Crippen molar-refractivity contribution in [1.82, 2.24) is 0 Å². The van der Waals surface area contributed by atoms with Crippen molar-refractivity contribution < 1.29 is 28.8 Å². The zero-order chi connectivity index (χ0) is 25.3. The highest BCUT2D eigenvalue weighted by molar-refractivity contribution is 7.99. The first-order chi connectivity index (χ1) is 17.5. The predicted octanol–water partition coefficient (Wildman–Crippen LogP) is 4.91. The number of hydrogen-bond acceptors (Lipinski definition) is 7. The lowest BCUT2D eigenvalue weighted by atomic mass is 9.99. The Bertz CT molecular complexity index is 1080. The molecule has 5 atom stereocenters. The summed E-state index contributed by atoms with van der Waals surface area (Å²) in [6, 6.07) is 27.8. The summed E-state index contributed by atoms with van der Waals surface area (Å²) < 4.78 is 24.8. The maximum absolute atomic E-state index is 12.0. The van der Waals surface area contributed by atoms with Gasteiger partial charge in [0.15, 0.2) is 6.10 Å². The van der Waals surface area contributed by atoms with Crippen LogP contribution in [0.2, 0.25) is 0 Å². The first-order valence-electron chi connectivity index (χ1n) is 12.0. The third-order valence-electron chi connectivity index (χ3n) is 5.92. The number of benzene rings is 3. The number of rotatable bonds is 10. The fourth-order valence-electron chi connectivity index (χ4n) is 4.10. The van der Waals surface area contributed by atoms with Gasteiger partial charge in [0.05, 0.1) is 19.8 Å². The lowest BCUT2D eigenvalue weighted by molar-refractivity contribution is -0.245. The van der Waals surface area contributed by atoms with E-state index in [0.29, 0.717) is 13.2 Å². The molecule has 3 aromatic carbocycles. The zero-order valence-electron chi connectivity index (χ0n) is 20.5. The van der Waals surface area contributed by atoms with Gasteiger partial charge in [-0.15, -0.1) is 0 Å². The van der Waals surface area contributed by atoms with Crippen LogP contribution in [0.3, 0.4) is 0 Å². The molecule has 0 aromatic heterocycles. The van der Waals surface area contributed by atoms with E-state index in [9.17, 15) is 9.90 Å². The monoisotopic (exact) mass is 508 g/mol. The van der Waals surface area contributed by atoms with E-state index in [-0.39, 0.29) is 6.61 Å². The van der Waals surface area contributed by atoms with Gasteiger partial charge < -0.3 is 24.1 Å². The number of aliphatic hydroxyl groups excluding tert-OH is 1. The molecular formula is C29H32O6S. The van der Waals surface area contributed by atoms with Crippen LogP contribution < -0.4 is 0 Å². The van der Waals surface area contributed by atoms with Crippen molar-refractivity contribution in [3.63, 3.8) is 0 Å². The first-order valence-corrected chi connectivity index (χ1v) is 12.9. The molecule has 0 bridgehead atoms. The maximum atomic E-state index is 12.0. The van der Waals surface area contributed by atoms with Crippen LogP contribution in [-0.2, 0) is 37.0 Å². The molecule has 1 saturated heterocycles. The highest BCUT2D eigenvalue weighted by Gasteiger charge is 2.49. The van der Waals surface area contributed by atoms with Gasteiger partial charge in [-0.05, 0) is 30.2 Å². The minimum Gasteiger partial charge on any atom is -0.457 e. The van der Waals surface area contributed by atoms with Crippen LogP contribution in [0.5, 0.6) is 0 Å². The van der Waals surface area contributed by atoms with Crippen molar-refractivity contribution in [2.75, 3.05) is 6.61 Å². The molecule has 0 radical (unpaired) electrons. The average Bonchev–Trinajstić information content (AvgIpc) is 2.89. The molecule has 3 aromatic rings. The summed E-state index contributed by atoms with van der Waals surface area (Å²) in [7, 11) is 0. The highest BCUT2D eigenvalue weighted by Crippen LogP contribution is 2.38. The summed E-state index contributed by atoms with van der Waals surface area (Å²) in [5.74, 6) is -0.471. The van der Waals surface area contributed by atoms with Gasteiger partial charge in [-0.25, -0.2) is 0 Å². The molecular weight excluding hydrogens is 476 g/mol. The largest absolute Gasteiger partial charge is 0.457 e. The van der Waals surface area contributed by atoms with Gasteiger partial charge in [0.25, 0.3) is 0 Å². The van der Waals surface area contributed by atoms with Crippen molar-refractivity contribution in [2.45, 2.75) is 61.8 Å². The number of aryl methyl sites for hydroxylation is 1. The Balaban J connectivity index is 1.64. The van der Waals surface area contributed by atoms with Crippen LogP contribution in [0.25, 0.3) is 0 Å². The van der Waals surface area contributed by atoms with Crippen molar-refractivity contribution in [3.8, 4) is 0 Å². The van der Waals surface area contributed by atoms with Gasteiger partial charge in [0.1, 0.15) is 23.7 Å². The Kier molecular flexibility index (Phi) is 9.55. The first kappa shape index (κ1) is 26.4. The molecule has 190 valence electrons. The molecule has 4 rings (SSSR count). The van der Waals surface area contributed by atoms with Crippen LogP contribution >= 0.6 is 11.8 Å². The molecule has 1 aliphatic heterocycles. The second-order valence-electron chi connectivity index (χ2n) is 8.75. The molecule has 6 nitrogen and oxygen atoms in total. The molecule has 1 fully saturated rings. The van der Waals surface area contributed by atoms with Crippen molar-refractivity contribution in [1.29, 1.82) is 0 Å². The fourth-order valence-corrected chi connectivity index (χ4v) is 5.23. The SMILES string of the molecule is CC(=O)O[C@@H]1[C@H](OCc2ccccc2)[C@@H](OCc2ccccc2)[C@H](Sc2ccc(C)cc2)O[C@@H]1CO. The Morgan fingerprint density at radius 1 is 0.833 bits per heavy atom. The second-order valence-corrected chi connectivity index (χ2v) is 9.92. The lowest BCUT2D eigenvalue weighted by Gasteiger charge is -2.45. The molecule has 1 heterocycles. The highest BCUT2D eigenvalue weighted by atomic mass is 32.2. The van der Waals surface area contributed by atoms with E-state index in [1.165, 1.54) is 18.7 Å². The summed E-state index contributed by atoms with van der Waals surface area (Å²) in [6.07, 6.45) is -2.82. The zero-order valence-corrected chi connectivity index (χ0v) is 21.3. The minimum atomic E-state index is -0.827. The van der Waals surface area contributed by atoms with E-state index in [1.807, 2.05) is 91.9 Å². The molecule has 0 spiro atoms. The van der Waals surface area contributed by atoms with E-state index in [2.05, 4.69) is 0 Å². The number of carbonyl (C=O) groups excluding carboxylic acids is 1. The predicted molar refractivity (Wildman–Crippen MR) is 138 cm³/mol. The Hall–Kier alpha value is -2.68. The van der Waals surface area contributed by atoms with Crippen molar-refractivity contribution in [2.24, 2.45) is 0 Å². The van der Waals surface area contributed by atoms with Crippen LogP contribution in [0.15, 0.2) is 89.8 Å². The van der Waals surface area contributed by atoms with Crippen molar-refractivity contribution in [3.05, 3.63) is 102 Å². The van der Waals surface area contributed by atoms with Crippen LogP contribution in [0.4, 0.5) is 0 Å². The second kappa shape index (κ2) is 13.0. The molecule has 0 amide bonds. The number of thioether (sulfide) groups is 1. The summed E-state index contributed by atoms with van der Waals surface area (Å²) in [4.78, 5) is 13.0. The van der Waals surface area contributed by atoms with Gasteiger partial charge in [-0.3, -0.25) is 4.79 Å². The quantitative estimate of drug-likeness (QED) is 0.390. The van der Waals surface area contributed by atoms with Gasteiger partial charge in [-0.2, -0.15) is 0 Å². The Morgan fingerprint density at radius 3 is 1.92 bits per heavy atom. The van der Waals surface area contributed by atoms with E-state index < -0.39 is 35.8 Å². The van der Waals surface area contributed by atoms with Gasteiger partial charge in [0.2, 0.25) is 0 Å². The summed E-state index contributed by atoms with van der Waals surface area (Å²) in [5.41, 5.74) is 2.65. The molecule has 1 aliphatic rings. The molecule has 36 heavy (non-hydrogen) atoms. The average molecular weight is 509 g/mol. The van der Waals surface area contributed by atoms with Gasteiger partial charge in [0, 0.05) is 11.8 Å². The molecule has 0 unspecified atom stereocenters. The Labute approximate surface area is 216 Å². The minimum absolute atomic E-state index is 0.300. The number of aliphatic hydroxyl groups is 1. The summed E-state index contributed by atoms with van der Waals surface area (Å²) in [5, 5.41) is 10.2. The molecule has 7 heteroatoms. The van der Waals surface area contributed by atoms with Gasteiger partial charge >= 0.3 is 5.97 Å². The summed E-state index contributed by atoms with van der Waals surface area (Å²) >= 11 is 1.50. The normalized spacial score (nSPS) is 23.8. The number of ether oxygens (including phenoxy) is 4. The van der Waals surface area contributed by atoms with E-state index in [0.717, 1.165) is 21.6 Å². The van der Waals surface area contributed by atoms with Crippen LogP contribution in [-0.4, -0.2) is 47.5 Å². The topological polar surface area (TPSA) is 74.2 Å². The smallest absolute Gasteiger partial charge is 0.303 e. The third-order valence-corrected chi connectivity index (χ3v) is 7.07. The van der Waals surface area contributed by atoms with E-state index in [1.54, 1.807) is 0 Å². The standard InChI is InChI=1S/C29H32O6S/c1-20-13-15-24(16-14-20)36-29-28(33-19-23-11-7-4-8-12-23)27(32-18-22-9-5-3-6-10-22)26(34-21(2)31)25(17-30)35-29/h3-16,25-30H,17-19H2,1-2H3/t25-,26+,27+,28-,29+/m1/s1. The van der Waals surface area contributed by atoms with Gasteiger partial charge in [-0.1, -0.05) is 90.1 Å². The summed E-state index contributed by atoms with van der Waals surface area (Å²) in [6.45, 7) is 3.70. The van der Waals surface area contributed by atoms with Crippen molar-refractivity contribution >= 4 is 17.7 Å². The van der Waals surface area contributed by atoms with Crippen LogP contribution in [0.1, 0.15) is 23.6 Å². The van der Waals surface area contributed by atoms with E-state index >= 15 is 0 Å². The maximum Gasteiger partial charge on any atom is 0.303 e. The molecule has 1 N–H and O–H groups in total. The molecule has 0 aliphatic carbocycles. The Morgan fingerprint density at radius 2 is 1.39 bits per heavy atom. The fraction of sp³-hybridized carbons (Fsp3) is 0.345. The molecule has 0 saturated carbocycles. The number of hydrogen-bond donors (Lipinski definition) is 1. The third kappa shape index (κ3) is 7.18.